The van der Waals surface area contributed by atoms with Crippen LogP contribution in [0.3, 0.4) is 0 Å². The lowest BCUT2D eigenvalue weighted by atomic mass is 9.96. The normalized spacial score (nSPS) is 11.1. The summed E-state index contributed by atoms with van der Waals surface area (Å²) in [6, 6.07) is 20.8. The molecule has 2 aromatic carbocycles. The van der Waals surface area contributed by atoms with E-state index in [-0.39, 0.29) is 12.4 Å². The van der Waals surface area contributed by atoms with Crippen LogP contribution in [0.15, 0.2) is 54.6 Å². The molecule has 0 amide bonds. The Bertz CT molecular complexity index is 555. The number of rotatable bonds is 7. The molecule has 0 spiro atoms. The molecule has 2 aromatic rings. The minimum Gasteiger partial charge on any atom is -0.299 e. The van der Waals surface area contributed by atoms with E-state index in [1.165, 1.54) is 29.7 Å². The highest BCUT2D eigenvalue weighted by molar-refractivity contribution is 5.85. The van der Waals surface area contributed by atoms with E-state index >= 15 is 0 Å². The molecule has 0 aliphatic heterocycles. The van der Waals surface area contributed by atoms with Crippen molar-refractivity contribution in [3.8, 4) is 11.1 Å². The van der Waals surface area contributed by atoms with E-state index in [0.717, 1.165) is 6.42 Å². The van der Waals surface area contributed by atoms with E-state index in [1.807, 2.05) is 0 Å². The summed E-state index contributed by atoms with van der Waals surface area (Å²) in [4.78, 5) is 2.57. The van der Waals surface area contributed by atoms with Crippen molar-refractivity contribution in [3.05, 3.63) is 60.2 Å². The van der Waals surface area contributed by atoms with Gasteiger partial charge >= 0.3 is 0 Å². The van der Waals surface area contributed by atoms with Gasteiger partial charge in [0.2, 0.25) is 0 Å². The topological polar surface area (TPSA) is 3.24 Å². The van der Waals surface area contributed by atoms with Gasteiger partial charge in [-0.15, -0.1) is 12.4 Å². The zero-order valence-corrected chi connectivity index (χ0v) is 15.6. The maximum atomic E-state index is 2.57. The summed E-state index contributed by atoms with van der Waals surface area (Å²) in [5, 5.41) is 0. The summed E-state index contributed by atoms with van der Waals surface area (Å²) < 4.78 is 0. The molecule has 0 saturated heterocycles. The van der Waals surface area contributed by atoms with Crippen molar-refractivity contribution in [2.45, 2.75) is 52.6 Å². The molecule has 0 saturated carbocycles. The molecule has 0 heterocycles. The van der Waals surface area contributed by atoms with Crippen molar-refractivity contribution in [1.29, 1.82) is 0 Å². The predicted octanol–water partition coefficient (Wildman–Crippen LogP) is 5.83. The summed E-state index contributed by atoms with van der Waals surface area (Å²) in [5.74, 6) is 0. The highest BCUT2D eigenvalue weighted by Crippen LogP contribution is 2.24. The molecule has 0 aliphatic rings. The molecule has 0 radical (unpaired) electrons. The van der Waals surface area contributed by atoms with Crippen LogP contribution in [0.25, 0.3) is 11.1 Å². The molecule has 0 aromatic heterocycles. The summed E-state index contributed by atoms with van der Waals surface area (Å²) >= 11 is 0. The van der Waals surface area contributed by atoms with Crippen molar-refractivity contribution in [2.24, 2.45) is 0 Å². The second kappa shape index (κ2) is 9.75. The van der Waals surface area contributed by atoms with Crippen LogP contribution in [-0.4, -0.2) is 23.5 Å². The fourth-order valence-corrected chi connectivity index (χ4v) is 3.20. The van der Waals surface area contributed by atoms with Gasteiger partial charge in [0.05, 0.1) is 0 Å². The SMILES string of the molecule is CC(C)N(CCCc1ccccc1-c1ccccc1)C(C)C.Cl. The summed E-state index contributed by atoms with van der Waals surface area (Å²) in [6.07, 6.45) is 2.35. The first-order valence-corrected chi connectivity index (χ1v) is 8.48. The fraction of sp³-hybridized carbons (Fsp3) is 0.429. The number of hydrogen-bond donors (Lipinski definition) is 0. The van der Waals surface area contributed by atoms with E-state index in [4.69, 9.17) is 0 Å². The smallest absolute Gasteiger partial charge is 0.00412 e. The third-order valence-corrected chi connectivity index (χ3v) is 4.29. The van der Waals surface area contributed by atoms with E-state index in [0.29, 0.717) is 12.1 Å². The van der Waals surface area contributed by atoms with Gasteiger partial charge in [-0.25, -0.2) is 0 Å². The Kier molecular flexibility index (Phi) is 8.36. The highest BCUT2D eigenvalue weighted by atomic mass is 35.5. The zero-order valence-electron chi connectivity index (χ0n) is 14.8. The van der Waals surface area contributed by atoms with Gasteiger partial charge in [0.15, 0.2) is 0 Å². The molecule has 23 heavy (non-hydrogen) atoms. The Morgan fingerprint density at radius 1 is 0.783 bits per heavy atom. The lowest BCUT2D eigenvalue weighted by molar-refractivity contribution is 0.173. The van der Waals surface area contributed by atoms with Crippen LogP contribution >= 0.6 is 12.4 Å². The lowest BCUT2D eigenvalue weighted by Gasteiger charge is -2.30. The average molecular weight is 332 g/mol. The summed E-state index contributed by atoms with van der Waals surface area (Å²) in [5.41, 5.74) is 4.16. The highest BCUT2D eigenvalue weighted by Gasteiger charge is 2.13. The number of aryl methyl sites for hydroxylation is 1. The second-order valence-electron chi connectivity index (χ2n) is 6.55. The van der Waals surface area contributed by atoms with Crippen molar-refractivity contribution >= 4 is 12.4 Å². The van der Waals surface area contributed by atoms with Crippen LogP contribution in [0.2, 0.25) is 0 Å². The van der Waals surface area contributed by atoms with Crippen molar-refractivity contribution < 1.29 is 0 Å². The molecule has 2 rings (SSSR count). The lowest BCUT2D eigenvalue weighted by Crippen LogP contribution is -2.37. The quantitative estimate of drug-likeness (QED) is 0.617. The maximum Gasteiger partial charge on any atom is 0.00412 e. The monoisotopic (exact) mass is 331 g/mol. The minimum atomic E-state index is 0. The van der Waals surface area contributed by atoms with Gasteiger partial charge in [-0.1, -0.05) is 54.6 Å². The standard InChI is InChI=1S/C21H29N.ClH/c1-17(2)22(18(3)4)16-10-14-20-13-8-9-15-21(20)19-11-6-5-7-12-19;/h5-9,11-13,15,17-18H,10,14,16H2,1-4H3;1H. The minimum absolute atomic E-state index is 0. The first-order valence-electron chi connectivity index (χ1n) is 8.48. The van der Waals surface area contributed by atoms with Crippen molar-refractivity contribution in [2.75, 3.05) is 6.54 Å². The van der Waals surface area contributed by atoms with Gasteiger partial charge in [-0.3, -0.25) is 4.90 Å². The first-order chi connectivity index (χ1) is 10.6. The fourth-order valence-electron chi connectivity index (χ4n) is 3.20. The molecule has 0 unspecified atom stereocenters. The molecule has 0 atom stereocenters. The molecular formula is C21H30ClN. The molecular weight excluding hydrogens is 302 g/mol. The van der Waals surface area contributed by atoms with Crippen LogP contribution < -0.4 is 0 Å². The van der Waals surface area contributed by atoms with Crippen LogP contribution in [-0.2, 0) is 6.42 Å². The Labute approximate surface area is 148 Å². The van der Waals surface area contributed by atoms with Crippen molar-refractivity contribution in [1.82, 2.24) is 4.90 Å². The van der Waals surface area contributed by atoms with Crippen LogP contribution in [0.5, 0.6) is 0 Å². The van der Waals surface area contributed by atoms with E-state index < -0.39 is 0 Å². The Morgan fingerprint density at radius 3 is 1.96 bits per heavy atom. The van der Waals surface area contributed by atoms with E-state index in [9.17, 15) is 0 Å². The molecule has 0 fully saturated rings. The largest absolute Gasteiger partial charge is 0.299 e. The maximum absolute atomic E-state index is 2.57. The molecule has 0 aliphatic carbocycles. The Hall–Kier alpha value is -1.31. The number of halogens is 1. The third-order valence-electron chi connectivity index (χ3n) is 4.29. The second-order valence-corrected chi connectivity index (χ2v) is 6.55. The molecule has 1 nitrogen and oxygen atoms in total. The first kappa shape index (κ1) is 19.7. The van der Waals surface area contributed by atoms with Crippen molar-refractivity contribution in [3.63, 3.8) is 0 Å². The zero-order chi connectivity index (χ0) is 15.9. The van der Waals surface area contributed by atoms with Gasteiger partial charge in [0, 0.05) is 12.1 Å². The van der Waals surface area contributed by atoms with Gasteiger partial charge in [-0.2, -0.15) is 0 Å². The average Bonchev–Trinajstić information content (AvgIpc) is 2.52. The molecule has 0 bridgehead atoms. The van der Waals surface area contributed by atoms with Crippen LogP contribution in [0, 0.1) is 0 Å². The Morgan fingerprint density at radius 2 is 1.35 bits per heavy atom. The molecule has 126 valence electrons. The van der Waals surface area contributed by atoms with Crippen LogP contribution in [0.4, 0.5) is 0 Å². The molecule has 2 heteroatoms. The molecule has 0 N–H and O–H groups in total. The van der Waals surface area contributed by atoms with Gasteiger partial charge in [-0.05, 0) is 63.8 Å². The van der Waals surface area contributed by atoms with Gasteiger partial charge < -0.3 is 0 Å². The third kappa shape index (κ3) is 5.67. The number of benzene rings is 2. The van der Waals surface area contributed by atoms with Gasteiger partial charge in [0.25, 0.3) is 0 Å². The summed E-state index contributed by atoms with van der Waals surface area (Å²) in [6.45, 7) is 10.3. The number of nitrogens with zero attached hydrogens (tertiary/aromatic N) is 1. The predicted molar refractivity (Wildman–Crippen MR) is 104 cm³/mol. The Balaban J connectivity index is 0.00000264. The number of hydrogen-bond acceptors (Lipinski definition) is 1. The van der Waals surface area contributed by atoms with Crippen LogP contribution in [0.1, 0.15) is 39.7 Å². The summed E-state index contributed by atoms with van der Waals surface area (Å²) in [7, 11) is 0. The van der Waals surface area contributed by atoms with Gasteiger partial charge in [0.1, 0.15) is 0 Å². The van der Waals surface area contributed by atoms with E-state index in [1.54, 1.807) is 0 Å². The van der Waals surface area contributed by atoms with E-state index in [2.05, 4.69) is 87.2 Å².